The van der Waals surface area contributed by atoms with Gasteiger partial charge in [-0.05, 0) is 23.2 Å². The number of ether oxygens (including phenoxy) is 1. The molecule has 34 heavy (non-hydrogen) atoms. The summed E-state index contributed by atoms with van der Waals surface area (Å²) in [6.07, 6.45) is 0.715. The molecule has 0 saturated heterocycles. The number of nitrogens with two attached hydrogens (primary N) is 1. The van der Waals surface area contributed by atoms with E-state index in [9.17, 15) is 14.8 Å². The average Bonchev–Trinajstić information content (AvgIpc) is 3.46. The molecule has 11 nitrogen and oxygen atoms in total. The van der Waals surface area contributed by atoms with Gasteiger partial charge in [0.05, 0.1) is 29.6 Å². The number of benzene rings is 2. The van der Waals surface area contributed by atoms with Crippen molar-refractivity contribution in [2.75, 3.05) is 24.3 Å². The van der Waals surface area contributed by atoms with Gasteiger partial charge in [0, 0.05) is 19.5 Å². The molecular weight excluding hydrogens is 437 g/mol. The van der Waals surface area contributed by atoms with Gasteiger partial charge < -0.3 is 31.2 Å². The Morgan fingerprint density at radius 3 is 2.82 bits per heavy atom. The van der Waals surface area contributed by atoms with E-state index in [0.717, 1.165) is 23.5 Å². The maximum atomic E-state index is 11.9. The predicted octanol–water partition coefficient (Wildman–Crippen LogP) is 0.183. The SMILES string of the molecule is COc1nc2c(C(N)=O)cccc2n1-c1nc2c(c(NCc3cccc(B(O)O)c3)n1)NCC2. The van der Waals surface area contributed by atoms with Gasteiger partial charge in [-0.1, -0.05) is 30.3 Å². The number of para-hydroxylation sites is 1. The molecule has 0 fully saturated rings. The van der Waals surface area contributed by atoms with Gasteiger partial charge in [0.15, 0.2) is 5.82 Å². The van der Waals surface area contributed by atoms with Crippen LogP contribution in [0.2, 0.25) is 0 Å². The Bertz CT molecular complexity index is 1410. The summed E-state index contributed by atoms with van der Waals surface area (Å²) in [6.45, 7) is 1.13. The number of fused-ring (bicyclic) bond motifs is 2. The summed E-state index contributed by atoms with van der Waals surface area (Å²) in [6, 6.07) is 12.4. The molecule has 1 aliphatic rings. The van der Waals surface area contributed by atoms with Crippen LogP contribution in [0.3, 0.4) is 0 Å². The molecule has 172 valence electrons. The first-order valence-corrected chi connectivity index (χ1v) is 10.7. The van der Waals surface area contributed by atoms with Gasteiger partial charge in [0.1, 0.15) is 5.52 Å². The van der Waals surface area contributed by atoms with Crippen LogP contribution in [0, 0.1) is 0 Å². The van der Waals surface area contributed by atoms with E-state index in [-0.39, 0.29) is 11.6 Å². The number of anilines is 2. The van der Waals surface area contributed by atoms with Gasteiger partial charge in [0.2, 0.25) is 5.95 Å². The molecule has 0 aliphatic carbocycles. The number of aromatic nitrogens is 4. The smallest absolute Gasteiger partial charge is 0.468 e. The quantitative estimate of drug-likeness (QED) is 0.243. The van der Waals surface area contributed by atoms with E-state index < -0.39 is 13.0 Å². The summed E-state index contributed by atoms with van der Waals surface area (Å²) >= 11 is 0. The molecule has 0 bridgehead atoms. The van der Waals surface area contributed by atoms with Crippen LogP contribution in [0.4, 0.5) is 11.5 Å². The number of hydrogen-bond acceptors (Lipinski definition) is 9. The Kier molecular flexibility index (Phi) is 5.52. The van der Waals surface area contributed by atoms with Crippen molar-refractivity contribution in [2.45, 2.75) is 13.0 Å². The Labute approximate surface area is 194 Å². The molecule has 0 unspecified atom stereocenters. The zero-order chi connectivity index (χ0) is 23.8. The van der Waals surface area contributed by atoms with Crippen LogP contribution in [0.15, 0.2) is 42.5 Å². The summed E-state index contributed by atoms with van der Waals surface area (Å²) in [5.74, 6) is 0.336. The number of primary amides is 1. The van der Waals surface area contributed by atoms with Gasteiger partial charge in [-0.25, -0.2) is 9.55 Å². The van der Waals surface area contributed by atoms with E-state index in [0.29, 0.717) is 41.2 Å². The lowest BCUT2D eigenvalue weighted by Gasteiger charge is -2.14. The monoisotopic (exact) mass is 459 g/mol. The second kappa shape index (κ2) is 8.65. The molecule has 1 aliphatic heterocycles. The van der Waals surface area contributed by atoms with Gasteiger partial charge in [0.25, 0.3) is 5.91 Å². The molecule has 2 aromatic carbocycles. The van der Waals surface area contributed by atoms with Crippen molar-refractivity contribution in [3.63, 3.8) is 0 Å². The minimum atomic E-state index is -1.54. The normalized spacial score (nSPS) is 12.3. The Hall–Kier alpha value is -4.16. The zero-order valence-electron chi connectivity index (χ0n) is 18.3. The lowest BCUT2D eigenvalue weighted by molar-refractivity contribution is 0.100. The number of hydrogen-bond donors (Lipinski definition) is 5. The van der Waals surface area contributed by atoms with E-state index in [2.05, 4.69) is 15.6 Å². The van der Waals surface area contributed by atoms with E-state index in [1.807, 2.05) is 6.07 Å². The lowest BCUT2D eigenvalue weighted by atomic mass is 9.80. The van der Waals surface area contributed by atoms with Crippen molar-refractivity contribution >= 4 is 41.0 Å². The highest BCUT2D eigenvalue weighted by atomic mass is 16.5. The van der Waals surface area contributed by atoms with Crippen molar-refractivity contribution in [1.29, 1.82) is 0 Å². The van der Waals surface area contributed by atoms with Crippen molar-refractivity contribution in [3.05, 3.63) is 59.3 Å². The molecule has 5 rings (SSSR count). The van der Waals surface area contributed by atoms with Crippen molar-refractivity contribution in [2.24, 2.45) is 5.73 Å². The van der Waals surface area contributed by atoms with Crippen LogP contribution in [-0.4, -0.2) is 56.2 Å². The number of carbonyl (C=O) groups excluding carboxylic acids is 1. The summed E-state index contributed by atoms with van der Waals surface area (Å²) < 4.78 is 7.13. The van der Waals surface area contributed by atoms with Gasteiger partial charge in [-0.2, -0.15) is 9.97 Å². The van der Waals surface area contributed by atoms with Crippen LogP contribution in [0.5, 0.6) is 6.01 Å². The number of nitrogens with one attached hydrogen (secondary N) is 2. The molecule has 1 amide bonds. The summed E-state index contributed by atoms with van der Waals surface area (Å²) in [7, 11) is -0.0537. The van der Waals surface area contributed by atoms with Crippen LogP contribution in [0.1, 0.15) is 21.6 Å². The first-order valence-electron chi connectivity index (χ1n) is 10.7. The molecular formula is C22H22BN7O4. The van der Waals surface area contributed by atoms with Crippen molar-refractivity contribution in [3.8, 4) is 12.0 Å². The molecule has 4 aromatic rings. The van der Waals surface area contributed by atoms with E-state index in [1.165, 1.54) is 7.11 Å². The number of methoxy groups -OCH3 is 1. The Morgan fingerprint density at radius 1 is 1.24 bits per heavy atom. The fourth-order valence-electron chi connectivity index (χ4n) is 4.05. The molecule has 12 heteroatoms. The summed E-state index contributed by atoms with van der Waals surface area (Å²) in [5.41, 5.74) is 9.72. The molecule has 0 spiro atoms. The standard InChI is InChI=1S/C22H22BN7O4/c1-34-22-28-17-14(19(24)31)6-3-7-16(17)30(22)21-27-15-8-9-25-18(15)20(29-21)26-11-12-4-2-5-13(10-12)23(32)33/h2-7,10,25,32-33H,8-9,11H2,1H3,(H2,24,31)(H,26,27,29). The van der Waals surface area contributed by atoms with Crippen LogP contribution in [-0.2, 0) is 13.0 Å². The first kappa shape index (κ1) is 21.7. The molecule has 2 aromatic heterocycles. The highest BCUT2D eigenvalue weighted by Crippen LogP contribution is 2.32. The molecule has 0 saturated carbocycles. The zero-order valence-corrected chi connectivity index (χ0v) is 18.3. The van der Waals surface area contributed by atoms with Gasteiger partial charge >= 0.3 is 13.1 Å². The first-order chi connectivity index (χ1) is 16.5. The second-order valence-corrected chi connectivity index (χ2v) is 7.81. The molecule has 3 heterocycles. The van der Waals surface area contributed by atoms with Gasteiger partial charge in [-0.15, -0.1) is 0 Å². The van der Waals surface area contributed by atoms with Crippen molar-refractivity contribution in [1.82, 2.24) is 19.5 Å². The minimum absolute atomic E-state index is 0.227. The maximum Gasteiger partial charge on any atom is 0.488 e. The number of amides is 1. The Balaban J connectivity index is 1.58. The molecule has 0 radical (unpaired) electrons. The third kappa shape index (κ3) is 3.78. The van der Waals surface area contributed by atoms with E-state index in [4.69, 9.17) is 20.4 Å². The average molecular weight is 459 g/mol. The lowest BCUT2D eigenvalue weighted by Crippen LogP contribution is -2.30. The summed E-state index contributed by atoms with van der Waals surface area (Å²) in [5, 5.41) is 25.5. The Morgan fingerprint density at radius 2 is 2.06 bits per heavy atom. The minimum Gasteiger partial charge on any atom is -0.468 e. The predicted molar refractivity (Wildman–Crippen MR) is 128 cm³/mol. The van der Waals surface area contributed by atoms with Gasteiger partial charge in [-0.3, -0.25) is 4.79 Å². The second-order valence-electron chi connectivity index (χ2n) is 7.81. The topological polar surface area (TPSA) is 160 Å². The largest absolute Gasteiger partial charge is 0.488 e. The highest BCUT2D eigenvalue weighted by molar-refractivity contribution is 6.58. The number of rotatable bonds is 7. The third-order valence-electron chi connectivity index (χ3n) is 5.65. The van der Waals surface area contributed by atoms with E-state index in [1.54, 1.807) is 41.0 Å². The van der Waals surface area contributed by atoms with E-state index >= 15 is 0 Å². The maximum absolute atomic E-state index is 11.9. The highest BCUT2D eigenvalue weighted by Gasteiger charge is 2.24. The number of imidazole rings is 1. The van der Waals surface area contributed by atoms with Crippen LogP contribution < -0.4 is 26.6 Å². The fourth-order valence-corrected chi connectivity index (χ4v) is 4.05. The van der Waals surface area contributed by atoms with Crippen molar-refractivity contribution < 1.29 is 19.6 Å². The van der Waals surface area contributed by atoms with Crippen LogP contribution in [0.25, 0.3) is 17.0 Å². The summed E-state index contributed by atoms with van der Waals surface area (Å²) in [4.78, 5) is 25.8. The molecule has 6 N–H and O–H groups in total. The fraction of sp³-hybridized carbons (Fsp3) is 0.182. The number of carbonyl (C=O) groups is 1. The van der Waals surface area contributed by atoms with Crippen LogP contribution >= 0.6 is 0 Å². The number of nitrogens with zero attached hydrogens (tertiary/aromatic N) is 4. The third-order valence-corrected chi connectivity index (χ3v) is 5.65. The molecule has 0 atom stereocenters.